The number of nitrogen functional groups attached to an aromatic ring is 1. The van der Waals surface area contributed by atoms with Crippen molar-refractivity contribution in [3.63, 3.8) is 0 Å². The van der Waals surface area contributed by atoms with Gasteiger partial charge in [-0.2, -0.15) is 0 Å². The summed E-state index contributed by atoms with van der Waals surface area (Å²) in [6, 6.07) is 8.14. The minimum atomic E-state index is -0.288. The number of ketones is 1. The monoisotopic (exact) mass is 287 g/mol. The van der Waals surface area contributed by atoms with Crippen LogP contribution in [0.5, 0.6) is 5.75 Å². The number of ether oxygens (including phenoxy) is 1. The highest BCUT2D eigenvalue weighted by atomic mass is 19.1. The molecule has 0 spiro atoms. The molecule has 0 unspecified atom stereocenters. The second kappa shape index (κ2) is 5.95. The van der Waals surface area contributed by atoms with Crippen molar-refractivity contribution in [3.05, 3.63) is 58.4 Å². The van der Waals surface area contributed by atoms with Crippen molar-refractivity contribution in [2.24, 2.45) is 0 Å². The number of benzene rings is 2. The van der Waals surface area contributed by atoms with Crippen LogP contribution in [0, 0.1) is 19.7 Å². The van der Waals surface area contributed by atoms with Gasteiger partial charge < -0.3 is 10.5 Å². The van der Waals surface area contributed by atoms with Crippen molar-refractivity contribution >= 4 is 11.5 Å². The fourth-order valence-electron chi connectivity index (χ4n) is 2.27. The molecule has 2 aromatic carbocycles. The van der Waals surface area contributed by atoms with E-state index < -0.39 is 0 Å². The summed E-state index contributed by atoms with van der Waals surface area (Å²) >= 11 is 0. The Hall–Kier alpha value is -2.36. The van der Waals surface area contributed by atoms with Gasteiger partial charge >= 0.3 is 0 Å². The van der Waals surface area contributed by atoms with Gasteiger partial charge in [0.2, 0.25) is 0 Å². The van der Waals surface area contributed by atoms with E-state index in [2.05, 4.69) is 0 Å². The third-order valence-corrected chi connectivity index (χ3v) is 3.28. The van der Waals surface area contributed by atoms with Crippen LogP contribution in [-0.4, -0.2) is 12.4 Å². The van der Waals surface area contributed by atoms with Crippen LogP contribution in [0.4, 0.5) is 10.1 Å². The molecule has 110 valence electrons. The zero-order valence-corrected chi connectivity index (χ0v) is 12.4. The van der Waals surface area contributed by atoms with E-state index in [9.17, 15) is 9.18 Å². The number of carbonyl (C=O) groups excluding carboxylic acids is 1. The molecule has 0 saturated carbocycles. The van der Waals surface area contributed by atoms with Crippen LogP contribution in [0.1, 0.15) is 34.0 Å². The summed E-state index contributed by atoms with van der Waals surface area (Å²) in [7, 11) is 0. The van der Waals surface area contributed by atoms with E-state index in [4.69, 9.17) is 10.5 Å². The molecule has 0 bridgehead atoms. The van der Waals surface area contributed by atoms with E-state index in [-0.39, 0.29) is 11.6 Å². The highest BCUT2D eigenvalue weighted by Gasteiger charge is 2.18. The lowest BCUT2D eigenvalue weighted by Crippen LogP contribution is -2.08. The maximum absolute atomic E-state index is 13.7. The Morgan fingerprint density at radius 3 is 2.43 bits per heavy atom. The first kappa shape index (κ1) is 15.0. The molecule has 0 atom stereocenters. The number of aryl methyl sites for hydroxylation is 2. The van der Waals surface area contributed by atoms with Gasteiger partial charge in [-0.25, -0.2) is 4.39 Å². The molecule has 0 fully saturated rings. The Morgan fingerprint density at radius 1 is 1.24 bits per heavy atom. The molecule has 0 aliphatic heterocycles. The van der Waals surface area contributed by atoms with E-state index in [1.807, 2.05) is 6.92 Å². The molecule has 0 aromatic heterocycles. The van der Waals surface area contributed by atoms with Crippen LogP contribution in [0.3, 0.4) is 0 Å². The number of para-hydroxylation sites is 1. The molecule has 0 amide bonds. The summed E-state index contributed by atoms with van der Waals surface area (Å²) < 4.78 is 19.2. The number of rotatable bonds is 4. The minimum absolute atomic E-state index is 0.225. The normalized spacial score (nSPS) is 10.5. The lowest BCUT2D eigenvalue weighted by Gasteiger charge is -2.13. The average molecular weight is 287 g/mol. The molecule has 0 aliphatic carbocycles. The predicted molar refractivity (Wildman–Crippen MR) is 81.3 cm³/mol. The third-order valence-electron chi connectivity index (χ3n) is 3.28. The van der Waals surface area contributed by atoms with E-state index in [0.29, 0.717) is 40.3 Å². The van der Waals surface area contributed by atoms with Crippen LogP contribution < -0.4 is 10.5 Å². The van der Waals surface area contributed by atoms with Gasteiger partial charge in [0.05, 0.1) is 17.9 Å². The van der Waals surface area contributed by atoms with Gasteiger partial charge in [-0.3, -0.25) is 4.79 Å². The largest absolute Gasteiger partial charge is 0.491 e. The zero-order chi connectivity index (χ0) is 15.6. The van der Waals surface area contributed by atoms with Crippen molar-refractivity contribution in [1.29, 1.82) is 0 Å². The maximum atomic E-state index is 13.7. The van der Waals surface area contributed by atoms with Crippen molar-refractivity contribution in [2.45, 2.75) is 20.8 Å². The summed E-state index contributed by atoms with van der Waals surface area (Å²) in [5.74, 6) is -0.134. The fourth-order valence-corrected chi connectivity index (χ4v) is 2.27. The third kappa shape index (κ3) is 2.89. The van der Waals surface area contributed by atoms with Gasteiger partial charge in [-0.1, -0.05) is 6.07 Å². The molecule has 0 saturated heterocycles. The number of hydrogen-bond donors (Lipinski definition) is 1. The van der Waals surface area contributed by atoms with E-state index >= 15 is 0 Å². The lowest BCUT2D eigenvalue weighted by molar-refractivity contribution is 0.103. The second-order valence-electron chi connectivity index (χ2n) is 4.91. The number of anilines is 1. The Balaban J connectivity index is 2.53. The molecule has 3 nitrogen and oxygen atoms in total. The van der Waals surface area contributed by atoms with Gasteiger partial charge in [-0.15, -0.1) is 0 Å². The molecule has 0 aliphatic rings. The fraction of sp³-hybridized carbons (Fsp3) is 0.235. The summed E-state index contributed by atoms with van der Waals surface area (Å²) in [5, 5.41) is 0. The first-order valence-corrected chi connectivity index (χ1v) is 6.78. The molecular weight excluding hydrogens is 269 g/mol. The predicted octanol–water partition coefficient (Wildman–Crippen LogP) is 3.65. The van der Waals surface area contributed by atoms with E-state index in [1.165, 1.54) is 0 Å². The van der Waals surface area contributed by atoms with Crippen LogP contribution in [0.25, 0.3) is 0 Å². The van der Waals surface area contributed by atoms with Crippen LogP contribution >= 0.6 is 0 Å². The van der Waals surface area contributed by atoms with Crippen molar-refractivity contribution in [1.82, 2.24) is 0 Å². The lowest BCUT2D eigenvalue weighted by atomic mass is 9.98. The van der Waals surface area contributed by atoms with Gasteiger partial charge in [0.15, 0.2) is 11.5 Å². The van der Waals surface area contributed by atoms with Gasteiger partial charge in [0.25, 0.3) is 0 Å². The molecule has 21 heavy (non-hydrogen) atoms. The molecule has 2 N–H and O–H groups in total. The SMILES string of the molecule is CCOc1c(N)cccc1C(=O)c1cc(C)c(F)c(C)c1. The van der Waals surface area contributed by atoms with Crippen molar-refractivity contribution in [3.8, 4) is 5.75 Å². The van der Waals surface area contributed by atoms with Gasteiger partial charge in [0, 0.05) is 5.56 Å². The molecular formula is C17H18FNO2. The van der Waals surface area contributed by atoms with Gasteiger partial charge in [0.1, 0.15) is 5.82 Å². The number of carbonyl (C=O) groups is 1. The summed E-state index contributed by atoms with van der Waals surface area (Å²) in [6.45, 7) is 5.52. The smallest absolute Gasteiger partial charge is 0.196 e. The summed E-state index contributed by atoms with van der Waals surface area (Å²) in [4.78, 5) is 12.7. The molecule has 2 aromatic rings. The first-order chi connectivity index (χ1) is 9.95. The van der Waals surface area contributed by atoms with Crippen molar-refractivity contribution in [2.75, 3.05) is 12.3 Å². The topological polar surface area (TPSA) is 52.3 Å². The summed E-state index contributed by atoms with van der Waals surface area (Å²) in [5.41, 5.74) is 7.99. The highest BCUT2D eigenvalue weighted by Crippen LogP contribution is 2.29. The Morgan fingerprint density at radius 2 is 1.86 bits per heavy atom. The second-order valence-corrected chi connectivity index (χ2v) is 4.91. The molecule has 0 heterocycles. The number of halogens is 1. The quantitative estimate of drug-likeness (QED) is 0.689. The molecule has 4 heteroatoms. The van der Waals surface area contributed by atoms with Crippen LogP contribution in [0.15, 0.2) is 30.3 Å². The van der Waals surface area contributed by atoms with E-state index in [0.717, 1.165) is 0 Å². The molecule has 0 radical (unpaired) electrons. The first-order valence-electron chi connectivity index (χ1n) is 6.78. The Bertz CT molecular complexity index is 672. The highest BCUT2D eigenvalue weighted by molar-refractivity contribution is 6.11. The van der Waals surface area contributed by atoms with E-state index in [1.54, 1.807) is 44.2 Å². The Kier molecular flexibility index (Phi) is 4.26. The van der Waals surface area contributed by atoms with Crippen LogP contribution in [-0.2, 0) is 0 Å². The standard InChI is InChI=1S/C17H18FNO2/c1-4-21-17-13(6-5-7-14(17)19)16(20)12-8-10(2)15(18)11(3)9-12/h5-9H,4,19H2,1-3H3. The zero-order valence-electron chi connectivity index (χ0n) is 12.4. The van der Waals surface area contributed by atoms with Crippen molar-refractivity contribution < 1.29 is 13.9 Å². The number of nitrogens with two attached hydrogens (primary N) is 1. The van der Waals surface area contributed by atoms with Crippen LogP contribution in [0.2, 0.25) is 0 Å². The Labute approximate surface area is 123 Å². The van der Waals surface area contributed by atoms with Gasteiger partial charge in [-0.05, 0) is 56.2 Å². The molecule has 2 rings (SSSR count). The maximum Gasteiger partial charge on any atom is 0.196 e. The number of hydrogen-bond acceptors (Lipinski definition) is 3. The average Bonchev–Trinajstić information content (AvgIpc) is 2.45. The minimum Gasteiger partial charge on any atom is -0.491 e. The summed E-state index contributed by atoms with van der Waals surface area (Å²) in [6.07, 6.45) is 0.